The van der Waals surface area contributed by atoms with Gasteiger partial charge in [-0.2, -0.15) is 0 Å². The molecule has 0 aliphatic rings. The topological polar surface area (TPSA) is 49.4 Å². The summed E-state index contributed by atoms with van der Waals surface area (Å²) >= 11 is 0. The highest BCUT2D eigenvalue weighted by Crippen LogP contribution is 2.16. The third kappa shape index (κ3) is 4.94. The first-order valence-electron chi connectivity index (χ1n) is 8.94. The number of hydrogen-bond donors (Lipinski definition) is 1. The van der Waals surface area contributed by atoms with Crippen LogP contribution in [-0.4, -0.2) is 29.8 Å². The van der Waals surface area contributed by atoms with Crippen LogP contribution in [0.3, 0.4) is 0 Å². The lowest BCUT2D eigenvalue weighted by atomic mass is 10.0. The molecule has 0 aliphatic heterocycles. The Morgan fingerprint density at radius 2 is 1.65 bits per heavy atom. The zero-order valence-electron chi connectivity index (χ0n) is 16.3. The van der Waals surface area contributed by atoms with Crippen LogP contribution in [0.4, 0.5) is 0 Å². The molecule has 0 fully saturated rings. The van der Waals surface area contributed by atoms with E-state index in [2.05, 4.69) is 11.4 Å². The minimum Gasteiger partial charge on any atom is -0.357 e. The summed E-state index contributed by atoms with van der Waals surface area (Å²) in [6, 6.07) is 13.6. The largest absolute Gasteiger partial charge is 0.357 e. The van der Waals surface area contributed by atoms with Crippen LogP contribution in [0.1, 0.15) is 34.7 Å². The van der Waals surface area contributed by atoms with Gasteiger partial charge in [0.2, 0.25) is 11.8 Å². The first kappa shape index (κ1) is 19.7. The Labute approximate surface area is 156 Å². The summed E-state index contributed by atoms with van der Waals surface area (Å²) in [6.45, 7) is 8.27. The number of hydrogen-bond acceptors (Lipinski definition) is 2. The molecule has 2 aromatic rings. The lowest BCUT2D eigenvalue weighted by molar-refractivity contribution is -0.139. The molecular formula is C22H28N2O2. The van der Waals surface area contributed by atoms with E-state index in [0.29, 0.717) is 6.54 Å². The van der Waals surface area contributed by atoms with Gasteiger partial charge in [-0.05, 0) is 44.4 Å². The van der Waals surface area contributed by atoms with E-state index in [1.807, 2.05) is 57.2 Å². The summed E-state index contributed by atoms with van der Waals surface area (Å²) in [7, 11) is 1.60. The van der Waals surface area contributed by atoms with E-state index in [1.165, 1.54) is 0 Å². The fraction of sp³-hybridized carbons (Fsp3) is 0.364. The Balaban J connectivity index is 2.28. The lowest BCUT2D eigenvalue weighted by Crippen LogP contribution is -2.47. The van der Waals surface area contributed by atoms with Crippen LogP contribution in [0.5, 0.6) is 0 Å². The summed E-state index contributed by atoms with van der Waals surface area (Å²) in [5, 5.41) is 2.65. The number of amides is 2. The predicted octanol–water partition coefficient (Wildman–Crippen LogP) is 3.32. The lowest BCUT2D eigenvalue weighted by Gasteiger charge is -2.29. The van der Waals surface area contributed by atoms with Gasteiger partial charge < -0.3 is 10.2 Å². The van der Waals surface area contributed by atoms with Crippen molar-refractivity contribution in [2.24, 2.45) is 0 Å². The summed E-state index contributed by atoms with van der Waals surface area (Å²) in [4.78, 5) is 26.9. The minimum atomic E-state index is -0.530. The Kier molecular flexibility index (Phi) is 6.56. The Morgan fingerprint density at radius 1 is 1.04 bits per heavy atom. The molecule has 0 bridgehead atoms. The average Bonchev–Trinajstić information content (AvgIpc) is 2.58. The van der Waals surface area contributed by atoms with Crippen LogP contribution in [-0.2, 0) is 22.6 Å². The second-order valence-electron chi connectivity index (χ2n) is 6.91. The molecule has 0 spiro atoms. The molecule has 0 saturated carbocycles. The van der Waals surface area contributed by atoms with E-state index < -0.39 is 6.04 Å². The number of nitrogens with zero attached hydrogens (tertiary/aromatic N) is 1. The van der Waals surface area contributed by atoms with E-state index in [1.54, 1.807) is 18.9 Å². The van der Waals surface area contributed by atoms with Crippen LogP contribution in [0, 0.1) is 20.8 Å². The third-order valence-corrected chi connectivity index (χ3v) is 4.65. The second-order valence-corrected chi connectivity index (χ2v) is 6.91. The van der Waals surface area contributed by atoms with Gasteiger partial charge in [0.15, 0.2) is 0 Å². The van der Waals surface area contributed by atoms with Gasteiger partial charge in [-0.1, -0.05) is 53.6 Å². The van der Waals surface area contributed by atoms with Crippen molar-refractivity contribution in [1.29, 1.82) is 0 Å². The number of carbonyl (C=O) groups is 2. The molecule has 1 unspecified atom stereocenters. The van der Waals surface area contributed by atoms with Crippen molar-refractivity contribution in [2.45, 2.75) is 46.7 Å². The SMILES string of the molecule is CNC(=O)C(C)N(Cc1ccccc1C)C(=O)Cc1cc(C)cc(C)c1. The van der Waals surface area contributed by atoms with E-state index >= 15 is 0 Å². The molecule has 0 saturated heterocycles. The molecule has 2 aromatic carbocycles. The van der Waals surface area contributed by atoms with Crippen molar-refractivity contribution in [1.82, 2.24) is 10.2 Å². The monoisotopic (exact) mass is 352 g/mol. The van der Waals surface area contributed by atoms with Crippen molar-refractivity contribution < 1.29 is 9.59 Å². The Morgan fingerprint density at radius 3 is 2.23 bits per heavy atom. The average molecular weight is 352 g/mol. The van der Waals surface area contributed by atoms with Crippen molar-refractivity contribution in [3.8, 4) is 0 Å². The zero-order chi connectivity index (χ0) is 19.3. The molecule has 138 valence electrons. The van der Waals surface area contributed by atoms with Gasteiger partial charge in [0.25, 0.3) is 0 Å². The van der Waals surface area contributed by atoms with Crippen molar-refractivity contribution >= 4 is 11.8 Å². The molecule has 0 heterocycles. The van der Waals surface area contributed by atoms with Crippen LogP contribution >= 0.6 is 0 Å². The Bertz CT molecular complexity index is 778. The van der Waals surface area contributed by atoms with Crippen molar-refractivity contribution in [2.75, 3.05) is 7.05 Å². The molecular weight excluding hydrogens is 324 g/mol. The maximum Gasteiger partial charge on any atom is 0.242 e. The number of aryl methyl sites for hydroxylation is 3. The van der Waals surface area contributed by atoms with Gasteiger partial charge in [-0.25, -0.2) is 0 Å². The molecule has 4 heteroatoms. The van der Waals surface area contributed by atoms with Crippen LogP contribution in [0.15, 0.2) is 42.5 Å². The highest BCUT2D eigenvalue weighted by molar-refractivity contribution is 5.88. The maximum absolute atomic E-state index is 13.1. The van der Waals surface area contributed by atoms with E-state index in [4.69, 9.17) is 0 Å². The smallest absolute Gasteiger partial charge is 0.242 e. The fourth-order valence-electron chi connectivity index (χ4n) is 3.21. The van der Waals surface area contributed by atoms with Gasteiger partial charge in [-0.3, -0.25) is 9.59 Å². The minimum absolute atomic E-state index is 0.0469. The maximum atomic E-state index is 13.1. The van der Waals surface area contributed by atoms with Gasteiger partial charge in [0, 0.05) is 13.6 Å². The number of benzene rings is 2. The number of likely N-dealkylation sites (N-methyl/N-ethyl adjacent to an activating group) is 1. The van der Waals surface area contributed by atoms with Gasteiger partial charge in [0.05, 0.1) is 6.42 Å². The number of carbonyl (C=O) groups excluding carboxylic acids is 2. The molecule has 2 amide bonds. The zero-order valence-corrected chi connectivity index (χ0v) is 16.3. The second kappa shape index (κ2) is 8.65. The summed E-state index contributed by atoms with van der Waals surface area (Å²) in [6.07, 6.45) is 0.287. The molecule has 4 nitrogen and oxygen atoms in total. The molecule has 26 heavy (non-hydrogen) atoms. The van der Waals surface area contributed by atoms with E-state index in [-0.39, 0.29) is 18.2 Å². The predicted molar refractivity (Wildman–Crippen MR) is 105 cm³/mol. The highest BCUT2D eigenvalue weighted by Gasteiger charge is 2.25. The van der Waals surface area contributed by atoms with Crippen LogP contribution in [0.2, 0.25) is 0 Å². The summed E-state index contributed by atoms with van der Waals surface area (Å²) < 4.78 is 0. The first-order chi connectivity index (χ1) is 12.3. The molecule has 1 N–H and O–H groups in total. The molecule has 0 aliphatic carbocycles. The Hall–Kier alpha value is -2.62. The normalized spacial score (nSPS) is 11.7. The fourth-order valence-corrected chi connectivity index (χ4v) is 3.21. The quantitative estimate of drug-likeness (QED) is 0.867. The van der Waals surface area contributed by atoms with Gasteiger partial charge in [0.1, 0.15) is 6.04 Å². The van der Waals surface area contributed by atoms with Crippen LogP contribution < -0.4 is 5.32 Å². The standard InChI is InChI=1S/C22H28N2O2/c1-15-10-16(2)12-19(11-15)13-21(25)24(18(4)22(26)23-5)14-20-9-7-6-8-17(20)3/h6-12,18H,13-14H2,1-5H3,(H,23,26). The highest BCUT2D eigenvalue weighted by atomic mass is 16.2. The van der Waals surface area contributed by atoms with Gasteiger partial charge in [-0.15, -0.1) is 0 Å². The molecule has 1 atom stereocenters. The summed E-state index contributed by atoms with van der Waals surface area (Å²) in [5.74, 6) is -0.207. The van der Waals surface area contributed by atoms with Crippen LogP contribution in [0.25, 0.3) is 0 Å². The van der Waals surface area contributed by atoms with Crippen molar-refractivity contribution in [3.05, 3.63) is 70.3 Å². The number of rotatable bonds is 6. The molecule has 0 radical (unpaired) electrons. The number of nitrogens with one attached hydrogen (secondary N) is 1. The molecule has 2 rings (SSSR count). The van der Waals surface area contributed by atoms with Crippen molar-refractivity contribution in [3.63, 3.8) is 0 Å². The van der Waals surface area contributed by atoms with E-state index in [9.17, 15) is 9.59 Å². The third-order valence-electron chi connectivity index (χ3n) is 4.65. The van der Waals surface area contributed by atoms with Gasteiger partial charge >= 0.3 is 0 Å². The summed E-state index contributed by atoms with van der Waals surface area (Å²) in [5.41, 5.74) is 5.42. The van der Waals surface area contributed by atoms with E-state index in [0.717, 1.165) is 27.8 Å². The molecule has 0 aromatic heterocycles. The first-order valence-corrected chi connectivity index (χ1v) is 8.94.